The highest BCUT2D eigenvalue weighted by atomic mass is 32.2. The minimum Gasteiger partial charge on any atom is -0.338 e. The van der Waals surface area contributed by atoms with E-state index in [-0.39, 0.29) is 4.90 Å². The molecule has 0 atom stereocenters. The van der Waals surface area contributed by atoms with E-state index in [2.05, 4.69) is 32.9 Å². The number of hydrogen-bond donors (Lipinski definition) is 2. The number of aryl methyl sites for hydroxylation is 3. The van der Waals surface area contributed by atoms with E-state index in [4.69, 9.17) is 0 Å². The number of imidazole rings is 1. The lowest BCUT2D eigenvalue weighted by Gasteiger charge is -2.08. The van der Waals surface area contributed by atoms with Crippen LogP contribution in [0.3, 0.4) is 0 Å². The summed E-state index contributed by atoms with van der Waals surface area (Å²) in [6.07, 6.45) is 0. The topological polar surface area (TPSA) is 74.8 Å². The van der Waals surface area contributed by atoms with Gasteiger partial charge in [-0.2, -0.15) is 0 Å². The van der Waals surface area contributed by atoms with Crippen molar-refractivity contribution in [3.63, 3.8) is 0 Å². The van der Waals surface area contributed by atoms with Gasteiger partial charge >= 0.3 is 0 Å². The van der Waals surface area contributed by atoms with Crippen LogP contribution in [0.25, 0.3) is 22.4 Å². The lowest BCUT2D eigenvalue weighted by atomic mass is 10.1. The Morgan fingerprint density at radius 1 is 0.857 bits per heavy atom. The van der Waals surface area contributed by atoms with Crippen LogP contribution in [0.2, 0.25) is 0 Å². The zero-order valence-corrected chi connectivity index (χ0v) is 16.8. The van der Waals surface area contributed by atoms with E-state index in [1.807, 2.05) is 26.8 Å². The molecular formula is C22H21N3O2S. The second-order valence-corrected chi connectivity index (χ2v) is 8.74. The number of rotatable bonds is 4. The fourth-order valence-corrected chi connectivity index (χ4v) is 4.17. The molecule has 3 aromatic carbocycles. The monoisotopic (exact) mass is 391 g/mol. The minimum atomic E-state index is -3.64. The molecule has 28 heavy (non-hydrogen) atoms. The number of anilines is 1. The molecule has 142 valence electrons. The van der Waals surface area contributed by atoms with E-state index in [0.717, 1.165) is 39.1 Å². The van der Waals surface area contributed by atoms with E-state index < -0.39 is 10.0 Å². The molecule has 0 spiro atoms. The molecule has 0 unspecified atom stereocenters. The summed E-state index contributed by atoms with van der Waals surface area (Å²) in [5, 5.41) is 0. The van der Waals surface area contributed by atoms with Crippen molar-refractivity contribution in [3.8, 4) is 11.4 Å². The number of fused-ring (bicyclic) bond motifs is 1. The van der Waals surface area contributed by atoms with Gasteiger partial charge in [0.05, 0.1) is 21.6 Å². The molecule has 4 rings (SSSR count). The second kappa shape index (κ2) is 6.80. The number of hydrogen-bond acceptors (Lipinski definition) is 3. The number of nitrogens with one attached hydrogen (secondary N) is 2. The van der Waals surface area contributed by atoms with E-state index in [1.165, 1.54) is 0 Å². The maximum atomic E-state index is 12.6. The van der Waals surface area contributed by atoms with E-state index in [0.29, 0.717) is 5.69 Å². The highest BCUT2D eigenvalue weighted by Gasteiger charge is 2.15. The SMILES string of the molecule is Cc1ccc(S(=O)(=O)Nc2ccc3nc(-c4cc(C)ccc4C)[nH]c3c2)cc1. The van der Waals surface area contributed by atoms with Crippen LogP contribution < -0.4 is 4.72 Å². The van der Waals surface area contributed by atoms with Crippen LogP contribution in [0.4, 0.5) is 5.69 Å². The second-order valence-electron chi connectivity index (χ2n) is 7.05. The molecule has 0 fully saturated rings. The molecule has 0 aliphatic rings. The molecule has 0 aliphatic carbocycles. The number of H-pyrrole nitrogens is 1. The molecule has 0 amide bonds. The number of nitrogens with zero attached hydrogens (tertiary/aromatic N) is 1. The van der Waals surface area contributed by atoms with Crippen LogP contribution in [-0.4, -0.2) is 18.4 Å². The van der Waals surface area contributed by atoms with Gasteiger partial charge in [-0.3, -0.25) is 4.72 Å². The van der Waals surface area contributed by atoms with Crippen molar-refractivity contribution in [1.82, 2.24) is 9.97 Å². The first-order chi connectivity index (χ1) is 13.3. The van der Waals surface area contributed by atoms with Gasteiger partial charge in [0, 0.05) is 5.56 Å². The highest BCUT2D eigenvalue weighted by Crippen LogP contribution is 2.27. The molecule has 6 heteroatoms. The summed E-state index contributed by atoms with van der Waals surface area (Å²) in [5.74, 6) is 0.773. The van der Waals surface area contributed by atoms with Gasteiger partial charge in [-0.1, -0.05) is 35.4 Å². The predicted octanol–water partition coefficient (Wildman–Crippen LogP) is 4.96. The first-order valence-corrected chi connectivity index (χ1v) is 10.5. The number of sulfonamides is 1. The van der Waals surface area contributed by atoms with Gasteiger partial charge in [-0.05, 0) is 62.7 Å². The number of aromatic amines is 1. The van der Waals surface area contributed by atoms with Crippen LogP contribution in [-0.2, 0) is 10.0 Å². The van der Waals surface area contributed by atoms with Gasteiger partial charge < -0.3 is 4.98 Å². The molecule has 4 aromatic rings. The zero-order valence-electron chi connectivity index (χ0n) is 15.9. The first-order valence-electron chi connectivity index (χ1n) is 8.99. The molecule has 5 nitrogen and oxygen atoms in total. The van der Waals surface area contributed by atoms with Crippen LogP contribution in [0, 0.1) is 20.8 Å². The Labute approximate surface area is 164 Å². The summed E-state index contributed by atoms with van der Waals surface area (Å²) < 4.78 is 27.9. The van der Waals surface area contributed by atoms with Crippen molar-refractivity contribution in [3.05, 3.63) is 77.4 Å². The Bertz CT molecular complexity index is 1270. The lowest BCUT2D eigenvalue weighted by molar-refractivity contribution is 0.601. The molecule has 2 N–H and O–H groups in total. The Kier molecular flexibility index (Phi) is 4.43. The van der Waals surface area contributed by atoms with Crippen molar-refractivity contribution in [2.75, 3.05) is 4.72 Å². The van der Waals surface area contributed by atoms with Gasteiger partial charge in [0.1, 0.15) is 5.82 Å². The first kappa shape index (κ1) is 18.3. The van der Waals surface area contributed by atoms with Crippen molar-refractivity contribution in [1.29, 1.82) is 0 Å². The summed E-state index contributed by atoms with van der Waals surface area (Å²) in [6, 6.07) is 18.3. The summed E-state index contributed by atoms with van der Waals surface area (Å²) in [4.78, 5) is 8.20. The Hall–Kier alpha value is -3.12. The number of aromatic nitrogens is 2. The average Bonchev–Trinajstić information content (AvgIpc) is 3.07. The van der Waals surface area contributed by atoms with Crippen LogP contribution >= 0.6 is 0 Å². The van der Waals surface area contributed by atoms with Crippen molar-refractivity contribution >= 4 is 26.7 Å². The zero-order chi connectivity index (χ0) is 19.9. The standard InChI is InChI=1S/C22H21N3O2S/c1-14-5-9-18(10-6-14)28(26,27)25-17-8-11-20-21(13-17)24-22(23-20)19-12-15(2)4-7-16(19)3/h4-13,25H,1-3H3,(H,23,24). The third-order valence-corrected chi connectivity index (χ3v) is 6.11. The minimum absolute atomic E-state index is 0.235. The van der Waals surface area contributed by atoms with Gasteiger partial charge in [0.2, 0.25) is 0 Å². The van der Waals surface area contributed by atoms with E-state index in [1.54, 1.807) is 36.4 Å². The average molecular weight is 391 g/mol. The summed E-state index contributed by atoms with van der Waals surface area (Å²) >= 11 is 0. The fourth-order valence-electron chi connectivity index (χ4n) is 3.12. The fraction of sp³-hybridized carbons (Fsp3) is 0.136. The van der Waals surface area contributed by atoms with Crippen LogP contribution in [0.15, 0.2) is 65.6 Å². The molecule has 1 heterocycles. The lowest BCUT2D eigenvalue weighted by Crippen LogP contribution is -2.12. The van der Waals surface area contributed by atoms with Gasteiger partial charge in [0.15, 0.2) is 0 Å². The quantitative estimate of drug-likeness (QED) is 0.516. The van der Waals surface area contributed by atoms with E-state index >= 15 is 0 Å². The van der Waals surface area contributed by atoms with Crippen molar-refractivity contribution in [2.24, 2.45) is 0 Å². The van der Waals surface area contributed by atoms with E-state index in [9.17, 15) is 8.42 Å². The Morgan fingerprint density at radius 2 is 1.57 bits per heavy atom. The van der Waals surface area contributed by atoms with Crippen molar-refractivity contribution in [2.45, 2.75) is 25.7 Å². The number of benzene rings is 3. The molecule has 0 aliphatic heterocycles. The molecular weight excluding hydrogens is 370 g/mol. The molecule has 1 aromatic heterocycles. The Morgan fingerprint density at radius 3 is 2.32 bits per heavy atom. The van der Waals surface area contributed by atoms with Crippen LogP contribution in [0.5, 0.6) is 0 Å². The Balaban J connectivity index is 1.68. The summed E-state index contributed by atoms with van der Waals surface area (Å²) in [6.45, 7) is 6.01. The normalized spacial score (nSPS) is 11.7. The van der Waals surface area contributed by atoms with Gasteiger partial charge in [-0.15, -0.1) is 0 Å². The maximum Gasteiger partial charge on any atom is 0.261 e. The third-order valence-electron chi connectivity index (χ3n) is 4.71. The smallest absolute Gasteiger partial charge is 0.261 e. The molecule has 0 saturated carbocycles. The summed E-state index contributed by atoms with van der Waals surface area (Å²) in [7, 11) is -3.64. The van der Waals surface area contributed by atoms with Gasteiger partial charge in [0.25, 0.3) is 10.0 Å². The maximum absolute atomic E-state index is 12.6. The predicted molar refractivity (Wildman–Crippen MR) is 113 cm³/mol. The van der Waals surface area contributed by atoms with Gasteiger partial charge in [-0.25, -0.2) is 13.4 Å². The highest BCUT2D eigenvalue weighted by molar-refractivity contribution is 7.92. The third kappa shape index (κ3) is 3.51. The molecule has 0 radical (unpaired) electrons. The molecule has 0 bridgehead atoms. The van der Waals surface area contributed by atoms with Crippen molar-refractivity contribution < 1.29 is 8.42 Å². The molecule has 0 saturated heterocycles. The summed E-state index contributed by atoms with van der Waals surface area (Å²) in [5.41, 5.74) is 6.39. The largest absolute Gasteiger partial charge is 0.338 e. The van der Waals surface area contributed by atoms with Crippen LogP contribution in [0.1, 0.15) is 16.7 Å².